The number of carboxylic acids is 1. The average Bonchev–Trinajstić information content (AvgIpc) is 2.86. The van der Waals surface area contributed by atoms with Crippen molar-refractivity contribution < 1.29 is 14.7 Å². The van der Waals surface area contributed by atoms with Crippen molar-refractivity contribution in [3.05, 3.63) is 34.9 Å². The number of fused-ring (bicyclic) bond motifs is 1. The van der Waals surface area contributed by atoms with Gasteiger partial charge in [0.05, 0.1) is 0 Å². The van der Waals surface area contributed by atoms with Gasteiger partial charge in [-0.2, -0.15) is 0 Å². The Morgan fingerprint density at radius 3 is 2.59 bits per heavy atom. The molecule has 1 amide bonds. The Kier molecular flexibility index (Phi) is 3.94. The highest BCUT2D eigenvalue weighted by Crippen LogP contribution is 2.40. The molecule has 22 heavy (non-hydrogen) atoms. The molecule has 1 saturated carbocycles. The van der Waals surface area contributed by atoms with Crippen molar-refractivity contribution in [3.8, 4) is 0 Å². The monoisotopic (exact) mass is 301 g/mol. The standard InChI is InChI=1S/C18H23NO3/c1-11-7-8-14(12(2)9-11)17(20)19-15-6-4-3-5-13(15)10-16(19)18(21)22/h7-9,13,15-16H,3-6,10H2,1-2H3,(H,21,22). The fraction of sp³-hybridized carbons (Fsp3) is 0.556. The number of carboxylic acid groups (broad SMARTS) is 1. The zero-order chi connectivity index (χ0) is 15.9. The molecule has 1 saturated heterocycles. The molecule has 4 nitrogen and oxygen atoms in total. The molecule has 0 radical (unpaired) electrons. The van der Waals surface area contributed by atoms with Crippen LogP contribution in [0, 0.1) is 19.8 Å². The fourth-order valence-electron chi connectivity index (χ4n) is 4.17. The number of benzene rings is 1. The highest BCUT2D eigenvalue weighted by atomic mass is 16.4. The summed E-state index contributed by atoms with van der Waals surface area (Å²) in [6, 6.07) is 5.17. The van der Waals surface area contributed by atoms with Crippen molar-refractivity contribution in [2.75, 3.05) is 0 Å². The minimum Gasteiger partial charge on any atom is -0.480 e. The first-order chi connectivity index (χ1) is 10.5. The molecule has 1 aromatic carbocycles. The molecule has 2 aliphatic rings. The second kappa shape index (κ2) is 5.75. The van der Waals surface area contributed by atoms with Crippen LogP contribution in [0.3, 0.4) is 0 Å². The molecule has 1 N–H and O–H groups in total. The summed E-state index contributed by atoms with van der Waals surface area (Å²) in [7, 11) is 0. The number of likely N-dealkylation sites (tertiary alicyclic amines) is 1. The van der Waals surface area contributed by atoms with Crippen molar-refractivity contribution >= 4 is 11.9 Å². The van der Waals surface area contributed by atoms with Gasteiger partial charge in [0, 0.05) is 11.6 Å². The van der Waals surface area contributed by atoms with Crippen LogP contribution in [0.1, 0.15) is 53.6 Å². The van der Waals surface area contributed by atoms with Gasteiger partial charge in [0.2, 0.25) is 0 Å². The lowest BCUT2D eigenvalue weighted by atomic mass is 9.84. The third-order valence-corrected chi connectivity index (χ3v) is 5.22. The van der Waals surface area contributed by atoms with Gasteiger partial charge in [0.25, 0.3) is 5.91 Å². The van der Waals surface area contributed by atoms with E-state index in [0.29, 0.717) is 17.9 Å². The zero-order valence-electron chi connectivity index (χ0n) is 13.2. The fourth-order valence-corrected chi connectivity index (χ4v) is 4.17. The van der Waals surface area contributed by atoms with Gasteiger partial charge in [0.15, 0.2) is 0 Å². The normalized spacial score (nSPS) is 27.5. The van der Waals surface area contributed by atoms with Gasteiger partial charge in [0.1, 0.15) is 6.04 Å². The average molecular weight is 301 g/mol. The van der Waals surface area contributed by atoms with Crippen LogP contribution < -0.4 is 0 Å². The molecule has 3 unspecified atom stereocenters. The first-order valence-corrected chi connectivity index (χ1v) is 8.11. The molecule has 4 heteroatoms. The SMILES string of the molecule is Cc1ccc(C(=O)N2C(C(=O)O)CC3CCCCC32)c(C)c1. The second-order valence-electron chi connectivity index (χ2n) is 6.73. The number of rotatable bonds is 2. The number of carbonyl (C=O) groups is 2. The van der Waals surface area contributed by atoms with E-state index < -0.39 is 12.0 Å². The number of carbonyl (C=O) groups excluding carboxylic acids is 1. The van der Waals surface area contributed by atoms with Crippen molar-refractivity contribution in [1.29, 1.82) is 0 Å². The van der Waals surface area contributed by atoms with Crippen molar-refractivity contribution in [2.45, 2.75) is 58.0 Å². The Morgan fingerprint density at radius 2 is 1.91 bits per heavy atom. The predicted molar refractivity (Wildman–Crippen MR) is 83.9 cm³/mol. The van der Waals surface area contributed by atoms with Gasteiger partial charge in [-0.1, -0.05) is 30.5 Å². The first-order valence-electron chi connectivity index (χ1n) is 8.11. The molecule has 1 aliphatic carbocycles. The lowest BCUT2D eigenvalue weighted by Gasteiger charge is -2.33. The molecule has 3 rings (SSSR count). The molecule has 1 aromatic rings. The molecule has 2 fully saturated rings. The molecular weight excluding hydrogens is 278 g/mol. The van der Waals surface area contributed by atoms with Crippen molar-refractivity contribution in [2.24, 2.45) is 5.92 Å². The maximum Gasteiger partial charge on any atom is 0.326 e. The summed E-state index contributed by atoms with van der Waals surface area (Å²) in [5.74, 6) is -0.628. The summed E-state index contributed by atoms with van der Waals surface area (Å²) >= 11 is 0. The number of hydrogen-bond acceptors (Lipinski definition) is 2. The molecule has 1 heterocycles. The van der Waals surface area contributed by atoms with E-state index in [1.165, 1.54) is 0 Å². The molecule has 0 spiro atoms. The number of hydrogen-bond donors (Lipinski definition) is 1. The minimum absolute atomic E-state index is 0.100. The van der Waals surface area contributed by atoms with E-state index in [-0.39, 0.29) is 11.9 Å². The quantitative estimate of drug-likeness (QED) is 0.913. The molecular formula is C18H23NO3. The van der Waals surface area contributed by atoms with Crippen LogP contribution in [0.2, 0.25) is 0 Å². The smallest absolute Gasteiger partial charge is 0.326 e. The van der Waals surface area contributed by atoms with Gasteiger partial charge < -0.3 is 10.0 Å². The van der Waals surface area contributed by atoms with Crippen LogP contribution in [-0.4, -0.2) is 34.0 Å². The van der Waals surface area contributed by atoms with Crippen LogP contribution in [0.5, 0.6) is 0 Å². The summed E-state index contributed by atoms with van der Waals surface area (Å²) in [4.78, 5) is 26.3. The highest BCUT2D eigenvalue weighted by molar-refractivity contribution is 5.98. The highest BCUT2D eigenvalue weighted by Gasteiger charge is 2.47. The van der Waals surface area contributed by atoms with Gasteiger partial charge in [-0.15, -0.1) is 0 Å². The van der Waals surface area contributed by atoms with Gasteiger partial charge >= 0.3 is 5.97 Å². The van der Waals surface area contributed by atoms with Gasteiger partial charge in [-0.3, -0.25) is 4.79 Å². The summed E-state index contributed by atoms with van der Waals surface area (Å²) in [5.41, 5.74) is 2.68. The van der Waals surface area contributed by atoms with Crippen LogP contribution in [0.25, 0.3) is 0 Å². The molecule has 0 aromatic heterocycles. The first kappa shape index (κ1) is 15.1. The van der Waals surface area contributed by atoms with Crippen LogP contribution in [0.15, 0.2) is 18.2 Å². The number of aryl methyl sites for hydroxylation is 2. The number of amides is 1. The summed E-state index contributed by atoms with van der Waals surface area (Å²) in [6.07, 6.45) is 4.83. The summed E-state index contributed by atoms with van der Waals surface area (Å²) in [5, 5.41) is 9.55. The topological polar surface area (TPSA) is 57.6 Å². The largest absolute Gasteiger partial charge is 0.480 e. The lowest BCUT2D eigenvalue weighted by molar-refractivity contribution is -0.141. The number of aliphatic carboxylic acids is 1. The Labute approximate surface area is 131 Å². The zero-order valence-corrected chi connectivity index (χ0v) is 13.2. The van der Waals surface area contributed by atoms with Gasteiger partial charge in [-0.05, 0) is 50.7 Å². The molecule has 1 aliphatic heterocycles. The maximum atomic E-state index is 13.0. The predicted octanol–water partition coefficient (Wildman–Crippen LogP) is 3.16. The summed E-state index contributed by atoms with van der Waals surface area (Å²) < 4.78 is 0. The summed E-state index contributed by atoms with van der Waals surface area (Å²) in [6.45, 7) is 3.92. The Balaban J connectivity index is 1.95. The third kappa shape index (κ3) is 2.51. The van der Waals surface area contributed by atoms with E-state index in [0.717, 1.165) is 36.8 Å². The third-order valence-electron chi connectivity index (χ3n) is 5.22. The van der Waals surface area contributed by atoms with Crippen molar-refractivity contribution in [1.82, 2.24) is 4.90 Å². The second-order valence-corrected chi connectivity index (χ2v) is 6.73. The van der Waals surface area contributed by atoms with Gasteiger partial charge in [-0.25, -0.2) is 4.79 Å². The molecule has 118 valence electrons. The minimum atomic E-state index is -0.868. The van der Waals surface area contributed by atoms with Crippen LogP contribution >= 0.6 is 0 Å². The Bertz CT molecular complexity index is 610. The molecule has 0 bridgehead atoms. The van der Waals surface area contributed by atoms with Crippen LogP contribution in [0.4, 0.5) is 0 Å². The van der Waals surface area contributed by atoms with E-state index in [1.54, 1.807) is 4.90 Å². The van der Waals surface area contributed by atoms with Crippen LogP contribution in [-0.2, 0) is 4.79 Å². The Morgan fingerprint density at radius 1 is 1.18 bits per heavy atom. The maximum absolute atomic E-state index is 13.0. The number of nitrogens with zero attached hydrogens (tertiary/aromatic N) is 1. The molecule has 3 atom stereocenters. The lowest BCUT2D eigenvalue weighted by Crippen LogP contribution is -2.46. The van der Waals surface area contributed by atoms with E-state index in [4.69, 9.17) is 0 Å². The van der Waals surface area contributed by atoms with E-state index in [9.17, 15) is 14.7 Å². The van der Waals surface area contributed by atoms with E-state index in [2.05, 4.69) is 0 Å². The van der Waals surface area contributed by atoms with Crippen molar-refractivity contribution in [3.63, 3.8) is 0 Å². The Hall–Kier alpha value is -1.84. The van der Waals surface area contributed by atoms with E-state index in [1.807, 2.05) is 32.0 Å². The van der Waals surface area contributed by atoms with E-state index >= 15 is 0 Å².